The van der Waals surface area contributed by atoms with E-state index in [1.54, 1.807) is 30.2 Å². The molecule has 0 aliphatic carbocycles. The first kappa shape index (κ1) is 23.6. The molecule has 1 amide bonds. The van der Waals surface area contributed by atoms with E-state index >= 15 is 0 Å². The number of carbonyl (C=O) groups is 1. The third-order valence-electron chi connectivity index (χ3n) is 5.04. The molecule has 0 saturated carbocycles. The number of aromatic nitrogens is 1. The van der Waals surface area contributed by atoms with Crippen molar-refractivity contribution >= 4 is 44.4 Å². The molecule has 166 valence electrons. The normalized spacial score (nSPS) is 11.3. The summed E-state index contributed by atoms with van der Waals surface area (Å²) in [6, 6.07) is 14.3. The lowest BCUT2D eigenvalue weighted by molar-refractivity contribution is -0.118. The van der Waals surface area contributed by atoms with E-state index in [-0.39, 0.29) is 5.91 Å². The Morgan fingerprint density at radius 1 is 1.13 bits per heavy atom. The predicted octanol–water partition coefficient (Wildman–Crippen LogP) is 5.33. The molecule has 0 N–H and O–H groups in total. The van der Waals surface area contributed by atoms with E-state index in [2.05, 4.69) is 42.2 Å². The zero-order valence-corrected chi connectivity index (χ0v) is 20.4. The summed E-state index contributed by atoms with van der Waals surface area (Å²) in [7, 11) is 5.73. The van der Waals surface area contributed by atoms with Gasteiger partial charge in [-0.15, -0.1) is 11.8 Å². The summed E-state index contributed by atoms with van der Waals surface area (Å²) in [4.78, 5) is 23.2. The fourth-order valence-electron chi connectivity index (χ4n) is 3.24. The van der Waals surface area contributed by atoms with Gasteiger partial charge in [-0.05, 0) is 68.6 Å². The number of aryl methyl sites for hydroxylation is 1. The molecule has 7 heteroatoms. The SMILES string of the molecule is CCc1cccc2sc(N(CCN(C)C)C(=O)CCCSc3ccc(OC)cc3)nc12. The van der Waals surface area contributed by atoms with E-state index in [4.69, 9.17) is 9.72 Å². The van der Waals surface area contributed by atoms with Crippen LogP contribution in [0.4, 0.5) is 5.13 Å². The van der Waals surface area contributed by atoms with Gasteiger partial charge in [0.25, 0.3) is 0 Å². The quantitative estimate of drug-likeness (QED) is 0.287. The van der Waals surface area contributed by atoms with E-state index in [9.17, 15) is 4.79 Å². The Hall–Kier alpha value is -2.09. The van der Waals surface area contributed by atoms with Crippen molar-refractivity contribution in [3.05, 3.63) is 48.0 Å². The summed E-state index contributed by atoms with van der Waals surface area (Å²) in [6.45, 7) is 3.60. The van der Waals surface area contributed by atoms with Crippen LogP contribution in [0.5, 0.6) is 5.75 Å². The number of carbonyl (C=O) groups excluding carboxylic acids is 1. The number of methoxy groups -OCH3 is 1. The standard InChI is InChI=1S/C24H31N3O2S2/c1-5-18-8-6-9-21-23(18)25-24(31-21)27(16-15-26(2)3)22(28)10-7-17-30-20-13-11-19(29-4)12-14-20/h6,8-9,11-14H,5,7,10,15-17H2,1-4H3. The fraction of sp³-hybridized carbons (Fsp3) is 0.417. The lowest BCUT2D eigenvalue weighted by Gasteiger charge is -2.22. The van der Waals surface area contributed by atoms with Crippen LogP contribution < -0.4 is 9.64 Å². The predicted molar refractivity (Wildman–Crippen MR) is 133 cm³/mol. The molecule has 0 bridgehead atoms. The van der Waals surface area contributed by atoms with Crippen LogP contribution in [0, 0.1) is 0 Å². The maximum absolute atomic E-state index is 13.1. The number of hydrogen-bond donors (Lipinski definition) is 0. The van der Waals surface area contributed by atoms with E-state index in [1.807, 2.05) is 31.1 Å². The summed E-state index contributed by atoms with van der Waals surface area (Å²) in [5.41, 5.74) is 2.26. The number of nitrogens with zero attached hydrogens (tertiary/aromatic N) is 3. The first-order valence-corrected chi connectivity index (χ1v) is 12.4. The molecule has 1 heterocycles. The number of likely N-dealkylation sites (N-methyl/N-ethyl adjacent to an activating group) is 1. The monoisotopic (exact) mass is 457 g/mol. The molecule has 5 nitrogen and oxygen atoms in total. The molecule has 31 heavy (non-hydrogen) atoms. The Morgan fingerprint density at radius 2 is 1.90 bits per heavy atom. The average molecular weight is 458 g/mol. The molecule has 3 rings (SSSR count). The number of thiazole rings is 1. The summed E-state index contributed by atoms with van der Waals surface area (Å²) < 4.78 is 6.35. The van der Waals surface area contributed by atoms with Crippen LogP contribution in [-0.4, -0.2) is 55.8 Å². The summed E-state index contributed by atoms with van der Waals surface area (Å²) in [5.74, 6) is 1.91. The smallest absolute Gasteiger partial charge is 0.228 e. The van der Waals surface area contributed by atoms with Gasteiger partial charge in [0.1, 0.15) is 5.75 Å². The Balaban J connectivity index is 1.64. The number of fused-ring (bicyclic) bond motifs is 1. The van der Waals surface area contributed by atoms with Crippen LogP contribution in [0.1, 0.15) is 25.3 Å². The molecule has 2 aromatic carbocycles. The van der Waals surface area contributed by atoms with Crippen molar-refractivity contribution in [2.75, 3.05) is 44.9 Å². The Kier molecular flexibility index (Phi) is 8.75. The van der Waals surface area contributed by atoms with Gasteiger partial charge < -0.3 is 9.64 Å². The average Bonchev–Trinajstić information content (AvgIpc) is 3.21. The van der Waals surface area contributed by atoms with Gasteiger partial charge in [-0.1, -0.05) is 30.4 Å². The van der Waals surface area contributed by atoms with Crippen molar-refractivity contribution in [1.29, 1.82) is 0 Å². The van der Waals surface area contributed by atoms with Gasteiger partial charge >= 0.3 is 0 Å². The highest BCUT2D eigenvalue weighted by molar-refractivity contribution is 7.99. The van der Waals surface area contributed by atoms with E-state index in [0.29, 0.717) is 13.0 Å². The number of hydrogen-bond acceptors (Lipinski definition) is 6. The van der Waals surface area contributed by atoms with Crippen molar-refractivity contribution < 1.29 is 9.53 Å². The van der Waals surface area contributed by atoms with Crippen LogP contribution in [0.15, 0.2) is 47.4 Å². The summed E-state index contributed by atoms with van der Waals surface area (Å²) in [6.07, 6.45) is 2.29. The maximum Gasteiger partial charge on any atom is 0.228 e. The number of benzene rings is 2. The van der Waals surface area contributed by atoms with Crippen molar-refractivity contribution in [3.63, 3.8) is 0 Å². The van der Waals surface area contributed by atoms with Gasteiger partial charge in [0, 0.05) is 24.4 Å². The molecule has 0 aliphatic rings. The molecule has 0 atom stereocenters. The highest BCUT2D eigenvalue weighted by atomic mass is 32.2. The topological polar surface area (TPSA) is 45.7 Å². The first-order chi connectivity index (χ1) is 15.0. The molecule has 0 radical (unpaired) electrons. The van der Waals surface area contributed by atoms with Crippen molar-refractivity contribution in [3.8, 4) is 5.75 Å². The van der Waals surface area contributed by atoms with Gasteiger partial charge in [-0.2, -0.15) is 0 Å². The number of thioether (sulfide) groups is 1. The van der Waals surface area contributed by atoms with E-state index < -0.39 is 0 Å². The minimum atomic E-state index is 0.147. The number of amides is 1. The van der Waals surface area contributed by atoms with Crippen LogP contribution >= 0.6 is 23.1 Å². The van der Waals surface area contributed by atoms with Gasteiger partial charge in [0.15, 0.2) is 5.13 Å². The largest absolute Gasteiger partial charge is 0.497 e. The molecule has 0 fully saturated rings. The Bertz CT molecular complexity index is 986. The number of para-hydroxylation sites is 1. The summed E-state index contributed by atoms with van der Waals surface area (Å²) in [5, 5.41) is 0.811. The van der Waals surface area contributed by atoms with Crippen LogP contribution in [0.25, 0.3) is 10.2 Å². The van der Waals surface area contributed by atoms with Gasteiger partial charge in [-0.3, -0.25) is 9.69 Å². The number of ether oxygens (including phenoxy) is 1. The second kappa shape index (κ2) is 11.5. The van der Waals surface area contributed by atoms with Gasteiger partial charge in [0.2, 0.25) is 5.91 Å². The second-order valence-electron chi connectivity index (χ2n) is 7.59. The van der Waals surface area contributed by atoms with Crippen molar-refractivity contribution in [2.45, 2.75) is 31.1 Å². The van der Waals surface area contributed by atoms with Crippen molar-refractivity contribution in [1.82, 2.24) is 9.88 Å². The molecular formula is C24H31N3O2S2. The molecule has 3 aromatic rings. The minimum absolute atomic E-state index is 0.147. The zero-order valence-electron chi connectivity index (χ0n) is 18.8. The molecule has 0 saturated heterocycles. The van der Waals surface area contributed by atoms with E-state index in [0.717, 1.165) is 46.2 Å². The Labute approximate surface area is 193 Å². The third kappa shape index (κ3) is 6.45. The van der Waals surface area contributed by atoms with Gasteiger partial charge in [0.05, 0.1) is 17.3 Å². The maximum atomic E-state index is 13.1. The molecular weight excluding hydrogens is 426 g/mol. The molecule has 0 aliphatic heterocycles. The van der Waals surface area contributed by atoms with Gasteiger partial charge in [-0.25, -0.2) is 4.98 Å². The second-order valence-corrected chi connectivity index (χ2v) is 9.77. The fourth-order valence-corrected chi connectivity index (χ4v) is 5.15. The van der Waals surface area contributed by atoms with Crippen LogP contribution in [0.2, 0.25) is 0 Å². The first-order valence-electron chi connectivity index (χ1n) is 10.6. The van der Waals surface area contributed by atoms with Crippen molar-refractivity contribution in [2.24, 2.45) is 0 Å². The lowest BCUT2D eigenvalue weighted by atomic mass is 10.1. The van der Waals surface area contributed by atoms with Crippen LogP contribution in [-0.2, 0) is 11.2 Å². The molecule has 0 spiro atoms. The molecule has 1 aromatic heterocycles. The van der Waals surface area contributed by atoms with Crippen LogP contribution in [0.3, 0.4) is 0 Å². The zero-order chi connectivity index (χ0) is 22.2. The highest BCUT2D eigenvalue weighted by Crippen LogP contribution is 2.31. The van der Waals surface area contributed by atoms with E-state index in [1.165, 1.54) is 10.5 Å². The highest BCUT2D eigenvalue weighted by Gasteiger charge is 2.20. The lowest BCUT2D eigenvalue weighted by Crippen LogP contribution is -2.36. The number of anilines is 1. The molecule has 0 unspecified atom stereocenters. The minimum Gasteiger partial charge on any atom is -0.497 e. The third-order valence-corrected chi connectivity index (χ3v) is 7.18. The summed E-state index contributed by atoms with van der Waals surface area (Å²) >= 11 is 3.38. The number of rotatable bonds is 11. The Morgan fingerprint density at radius 3 is 2.58 bits per heavy atom.